The van der Waals surface area contributed by atoms with Gasteiger partial charge in [-0.05, 0) is 49.6 Å². The Bertz CT molecular complexity index is 1030. The van der Waals surface area contributed by atoms with Gasteiger partial charge in [0.15, 0.2) is 0 Å². The highest BCUT2D eigenvalue weighted by atomic mass is 16.5. The summed E-state index contributed by atoms with van der Waals surface area (Å²) in [5, 5.41) is 2.91. The number of rotatable bonds is 3. The van der Waals surface area contributed by atoms with Gasteiger partial charge in [0.25, 0.3) is 5.91 Å². The van der Waals surface area contributed by atoms with Gasteiger partial charge < -0.3 is 10.1 Å². The number of nitrogens with zero attached hydrogens (tertiary/aromatic N) is 2. The van der Waals surface area contributed by atoms with Crippen LogP contribution in [0.4, 0.5) is 5.69 Å². The summed E-state index contributed by atoms with van der Waals surface area (Å²) in [4.78, 5) is 22.4. The summed E-state index contributed by atoms with van der Waals surface area (Å²) in [5.41, 5.74) is 5.21. The second-order valence-electron chi connectivity index (χ2n) is 7.06. The molecule has 0 spiro atoms. The van der Waals surface area contributed by atoms with Crippen LogP contribution in [-0.2, 0) is 0 Å². The van der Waals surface area contributed by atoms with E-state index >= 15 is 0 Å². The van der Waals surface area contributed by atoms with Crippen LogP contribution in [0.15, 0.2) is 42.5 Å². The van der Waals surface area contributed by atoms with E-state index in [0.29, 0.717) is 28.8 Å². The number of hydrogen-bond acceptors (Lipinski definition) is 4. The number of hydrogen-bond donors (Lipinski definition) is 1. The van der Waals surface area contributed by atoms with Gasteiger partial charge in [-0.1, -0.05) is 12.1 Å². The molecule has 26 heavy (non-hydrogen) atoms. The van der Waals surface area contributed by atoms with Gasteiger partial charge in [-0.2, -0.15) is 0 Å². The third-order valence-corrected chi connectivity index (χ3v) is 5.54. The Morgan fingerprint density at radius 3 is 2.54 bits per heavy atom. The lowest BCUT2D eigenvalue weighted by Gasteiger charge is -2.14. The number of anilines is 1. The second kappa shape index (κ2) is 5.80. The van der Waals surface area contributed by atoms with Crippen molar-refractivity contribution in [1.82, 2.24) is 9.97 Å². The smallest absolute Gasteiger partial charge is 0.255 e. The van der Waals surface area contributed by atoms with Crippen molar-refractivity contribution in [3.8, 4) is 5.75 Å². The van der Waals surface area contributed by atoms with Crippen LogP contribution in [0.3, 0.4) is 0 Å². The first kappa shape index (κ1) is 15.3. The SMILES string of the molecule is COc1ccccc1NC(=O)c1ccc2nc3c(nc2c1)C1CCC3C1. The Balaban J connectivity index is 1.49. The molecule has 5 nitrogen and oxygen atoms in total. The monoisotopic (exact) mass is 345 g/mol. The average Bonchev–Trinajstić information content (AvgIpc) is 3.28. The molecule has 0 aliphatic heterocycles. The summed E-state index contributed by atoms with van der Waals surface area (Å²) in [6.07, 6.45) is 3.63. The first-order valence-electron chi connectivity index (χ1n) is 8.99. The van der Waals surface area contributed by atoms with Crippen LogP contribution in [0, 0.1) is 0 Å². The number of aromatic nitrogens is 2. The van der Waals surface area contributed by atoms with Crippen molar-refractivity contribution in [2.75, 3.05) is 12.4 Å². The highest BCUT2D eigenvalue weighted by Gasteiger charge is 2.39. The van der Waals surface area contributed by atoms with Crippen molar-refractivity contribution in [1.29, 1.82) is 0 Å². The third kappa shape index (κ3) is 2.35. The summed E-state index contributed by atoms with van der Waals surface area (Å²) in [5.74, 6) is 1.59. The molecule has 2 unspecified atom stereocenters. The number of carbonyl (C=O) groups excluding carboxylic acids is 1. The number of amides is 1. The molecule has 0 radical (unpaired) electrons. The number of nitrogens with one attached hydrogen (secondary N) is 1. The maximum atomic E-state index is 12.7. The molecule has 1 saturated carbocycles. The van der Waals surface area contributed by atoms with E-state index in [2.05, 4.69) is 5.32 Å². The predicted octanol–water partition coefficient (Wildman–Crippen LogP) is 4.26. The van der Waals surface area contributed by atoms with Gasteiger partial charge in [0.05, 0.1) is 35.2 Å². The molecule has 5 rings (SSSR count). The lowest BCUT2D eigenvalue weighted by molar-refractivity contribution is 0.102. The van der Waals surface area contributed by atoms with E-state index in [0.717, 1.165) is 16.7 Å². The van der Waals surface area contributed by atoms with E-state index in [9.17, 15) is 4.79 Å². The number of benzene rings is 2. The van der Waals surface area contributed by atoms with Crippen LogP contribution in [-0.4, -0.2) is 23.0 Å². The Kier molecular flexibility index (Phi) is 3.42. The zero-order valence-electron chi connectivity index (χ0n) is 14.5. The minimum Gasteiger partial charge on any atom is -0.495 e. The van der Waals surface area contributed by atoms with Gasteiger partial charge >= 0.3 is 0 Å². The molecule has 1 N–H and O–H groups in total. The number of fused-ring (bicyclic) bond motifs is 6. The predicted molar refractivity (Wildman–Crippen MR) is 99.8 cm³/mol. The van der Waals surface area contributed by atoms with E-state index < -0.39 is 0 Å². The van der Waals surface area contributed by atoms with Gasteiger partial charge in [-0.25, -0.2) is 9.97 Å². The quantitative estimate of drug-likeness (QED) is 0.770. The van der Waals surface area contributed by atoms with Crippen LogP contribution >= 0.6 is 0 Å². The van der Waals surface area contributed by atoms with Crippen molar-refractivity contribution in [3.05, 3.63) is 59.4 Å². The summed E-state index contributed by atoms with van der Waals surface area (Å²) < 4.78 is 5.29. The molecule has 1 heterocycles. The zero-order chi connectivity index (χ0) is 17.7. The van der Waals surface area contributed by atoms with Crippen molar-refractivity contribution in [2.45, 2.75) is 31.1 Å². The third-order valence-electron chi connectivity index (χ3n) is 5.54. The second-order valence-corrected chi connectivity index (χ2v) is 7.06. The van der Waals surface area contributed by atoms with Crippen LogP contribution in [0.5, 0.6) is 5.75 Å². The molecule has 2 bridgehead atoms. The van der Waals surface area contributed by atoms with Gasteiger partial charge in [0.2, 0.25) is 0 Å². The lowest BCUT2D eigenvalue weighted by atomic mass is 10.00. The van der Waals surface area contributed by atoms with Crippen LogP contribution in [0.25, 0.3) is 11.0 Å². The molecule has 3 aromatic rings. The Morgan fingerprint density at radius 1 is 1.04 bits per heavy atom. The number of para-hydroxylation sites is 2. The Hall–Kier alpha value is -2.95. The standard InChI is InChI=1S/C21H19N3O2/c1-26-18-5-3-2-4-16(18)24-21(25)14-8-9-15-17(11-14)23-20-13-7-6-12(10-13)19(20)22-15/h2-5,8-9,11-13H,6-7,10H2,1H3,(H,24,25). The minimum absolute atomic E-state index is 0.180. The zero-order valence-corrected chi connectivity index (χ0v) is 14.5. The summed E-state index contributed by atoms with van der Waals surface area (Å²) in [7, 11) is 1.59. The molecular formula is C21H19N3O2. The van der Waals surface area contributed by atoms with E-state index in [4.69, 9.17) is 14.7 Å². The average molecular weight is 345 g/mol. The highest BCUT2D eigenvalue weighted by Crippen LogP contribution is 2.51. The van der Waals surface area contributed by atoms with Crippen molar-refractivity contribution >= 4 is 22.6 Å². The van der Waals surface area contributed by atoms with Crippen molar-refractivity contribution < 1.29 is 9.53 Å². The van der Waals surface area contributed by atoms with Crippen LogP contribution in [0.2, 0.25) is 0 Å². The van der Waals surface area contributed by atoms with Gasteiger partial charge in [-0.15, -0.1) is 0 Å². The van der Waals surface area contributed by atoms with Crippen LogP contribution < -0.4 is 10.1 Å². The molecule has 2 aliphatic carbocycles. The molecule has 1 aromatic heterocycles. The highest BCUT2D eigenvalue weighted by molar-refractivity contribution is 6.06. The number of methoxy groups -OCH3 is 1. The first-order valence-corrected chi connectivity index (χ1v) is 8.99. The lowest BCUT2D eigenvalue weighted by Crippen LogP contribution is -2.13. The summed E-state index contributed by atoms with van der Waals surface area (Å²) in [6, 6.07) is 12.9. The fourth-order valence-corrected chi connectivity index (χ4v) is 4.24. The molecule has 1 fully saturated rings. The number of carbonyl (C=O) groups is 1. The fourth-order valence-electron chi connectivity index (χ4n) is 4.24. The fraction of sp³-hybridized carbons (Fsp3) is 0.286. The van der Waals surface area contributed by atoms with Gasteiger partial charge in [0.1, 0.15) is 5.75 Å². The van der Waals surface area contributed by atoms with E-state index in [-0.39, 0.29) is 5.91 Å². The van der Waals surface area contributed by atoms with Crippen molar-refractivity contribution in [3.63, 3.8) is 0 Å². The van der Waals surface area contributed by atoms with Crippen LogP contribution in [0.1, 0.15) is 52.8 Å². The largest absolute Gasteiger partial charge is 0.495 e. The van der Waals surface area contributed by atoms with E-state index in [1.165, 1.54) is 25.0 Å². The molecule has 2 aliphatic rings. The molecule has 2 atom stereocenters. The van der Waals surface area contributed by atoms with E-state index in [1.54, 1.807) is 13.2 Å². The normalized spacial score (nSPS) is 20.2. The number of ether oxygens (including phenoxy) is 1. The maximum Gasteiger partial charge on any atom is 0.255 e. The Labute approximate surface area is 151 Å². The van der Waals surface area contributed by atoms with E-state index in [1.807, 2.05) is 36.4 Å². The van der Waals surface area contributed by atoms with Gasteiger partial charge in [-0.3, -0.25) is 4.79 Å². The van der Waals surface area contributed by atoms with Gasteiger partial charge in [0, 0.05) is 17.4 Å². The molecule has 5 heteroatoms. The minimum atomic E-state index is -0.180. The first-order chi connectivity index (χ1) is 12.7. The summed E-state index contributed by atoms with van der Waals surface area (Å²) in [6.45, 7) is 0. The maximum absolute atomic E-state index is 12.7. The molecular weight excluding hydrogens is 326 g/mol. The Morgan fingerprint density at radius 2 is 1.77 bits per heavy atom. The molecule has 2 aromatic carbocycles. The van der Waals surface area contributed by atoms with Crippen molar-refractivity contribution in [2.24, 2.45) is 0 Å². The topological polar surface area (TPSA) is 64.1 Å². The molecule has 130 valence electrons. The molecule has 0 saturated heterocycles. The molecule has 1 amide bonds. The summed E-state index contributed by atoms with van der Waals surface area (Å²) >= 11 is 0.